The van der Waals surface area contributed by atoms with E-state index in [0.29, 0.717) is 12.8 Å². The highest BCUT2D eigenvalue weighted by Crippen LogP contribution is 2.27. The van der Waals surface area contributed by atoms with Crippen LogP contribution in [0.4, 0.5) is 5.69 Å². The summed E-state index contributed by atoms with van der Waals surface area (Å²) in [6.45, 7) is 0. The number of allylic oxidation sites excluding steroid dienone is 1. The molecule has 0 aliphatic heterocycles. The third kappa shape index (κ3) is 6.06. The summed E-state index contributed by atoms with van der Waals surface area (Å²) in [5, 5.41) is 0. The van der Waals surface area contributed by atoms with Crippen LogP contribution in [0.1, 0.15) is 28.7 Å². The summed E-state index contributed by atoms with van der Waals surface area (Å²) < 4.78 is 16.2. The molecule has 0 spiro atoms. The summed E-state index contributed by atoms with van der Waals surface area (Å²) in [5.41, 5.74) is 7.55. The van der Waals surface area contributed by atoms with Crippen molar-refractivity contribution in [1.82, 2.24) is 0 Å². The van der Waals surface area contributed by atoms with Crippen LogP contribution in [0.5, 0.6) is 0 Å². The number of anilines is 1. The summed E-state index contributed by atoms with van der Waals surface area (Å²) in [6.07, 6.45) is 7.04. The number of Topliss-reactive ketones (excluding diaryl/α,β-unsaturated/α-hetero) is 1. The lowest BCUT2D eigenvalue weighted by atomic mass is 9.99. The molecule has 4 aromatic carbocycles. The van der Waals surface area contributed by atoms with Gasteiger partial charge in [0.05, 0.1) is 4.90 Å². The van der Waals surface area contributed by atoms with Crippen molar-refractivity contribution in [3.8, 4) is 11.1 Å². The summed E-state index contributed by atoms with van der Waals surface area (Å²) in [7, 11) is -1.41. The van der Waals surface area contributed by atoms with Gasteiger partial charge in [-0.05, 0) is 64.4 Å². The Kier molecular flexibility index (Phi) is 8.26. The molecule has 5 heteroatoms. The van der Waals surface area contributed by atoms with E-state index >= 15 is 0 Å². The Balaban J connectivity index is 0.00000304. The van der Waals surface area contributed by atoms with Gasteiger partial charge >= 0.3 is 0 Å². The topological polar surface area (TPSA) is 77.7 Å². The van der Waals surface area contributed by atoms with Crippen LogP contribution >= 0.6 is 0 Å². The maximum atomic E-state index is 13.1. The Morgan fingerprint density at radius 3 is 2.36 bits per heavy atom. The van der Waals surface area contributed by atoms with Gasteiger partial charge in [0.1, 0.15) is 5.78 Å². The molecule has 0 saturated heterocycles. The van der Waals surface area contributed by atoms with Crippen LogP contribution in [-0.2, 0) is 35.0 Å². The average molecular weight is 496 g/mol. The molecular weight excluding hydrogens is 466 g/mol. The van der Waals surface area contributed by atoms with E-state index in [0.717, 1.165) is 40.1 Å². The Bertz CT molecular complexity index is 1400. The smallest absolute Gasteiger partial charge is 0.150 e. The second-order valence-corrected chi connectivity index (χ2v) is 9.97. The molecular formula is C31H29NO3S. The molecule has 0 saturated carbocycles. The van der Waals surface area contributed by atoms with Gasteiger partial charge in [0.2, 0.25) is 0 Å². The van der Waals surface area contributed by atoms with Crippen LogP contribution in [-0.4, -0.2) is 15.5 Å². The minimum atomic E-state index is -1.41. The van der Waals surface area contributed by atoms with Crippen molar-refractivity contribution >= 4 is 28.5 Å². The van der Waals surface area contributed by atoms with E-state index in [1.165, 1.54) is 16.7 Å². The molecule has 0 fully saturated rings. The SMILES string of the molecule is O.O=C(CCc1ccc2c(c1)C=CC2)Cc1ccc(NS(=O)c2ccccc2-c2ccccc2)cc1. The second kappa shape index (κ2) is 11.8. The number of carbonyl (C=O) groups excluding carboxylic acids is 1. The Morgan fingerprint density at radius 1 is 0.833 bits per heavy atom. The molecule has 36 heavy (non-hydrogen) atoms. The van der Waals surface area contributed by atoms with E-state index in [1.54, 1.807) is 0 Å². The van der Waals surface area contributed by atoms with Crippen molar-refractivity contribution in [2.45, 2.75) is 30.6 Å². The molecule has 182 valence electrons. The first kappa shape index (κ1) is 25.3. The Morgan fingerprint density at radius 2 is 1.56 bits per heavy atom. The van der Waals surface area contributed by atoms with Crippen LogP contribution in [0.15, 0.2) is 108 Å². The number of carbonyl (C=O) groups is 1. The quantitative estimate of drug-likeness (QED) is 0.310. The summed E-state index contributed by atoms with van der Waals surface area (Å²) in [4.78, 5) is 13.3. The molecule has 1 aliphatic carbocycles. The monoisotopic (exact) mass is 495 g/mol. The molecule has 0 bridgehead atoms. The molecule has 5 rings (SSSR count). The largest absolute Gasteiger partial charge is 0.412 e. The van der Waals surface area contributed by atoms with Crippen molar-refractivity contribution < 1.29 is 14.5 Å². The number of hydrogen-bond donors (Lipinski definition) is 1. The fraction of sp³-hybridized carbons (Fsp3) is 0.129. The molecule has 4 aromatic rings. The number of benzene rings is 4. The van der Waals surface area contributed by atoms with E-state index in [9.17, 15) is 9.00 Å². The van der Waals surface area contributed by atoms with Gasteiger partial charge in [0.25, 0.3) is 0 Å². The molecule has 0 amide bonds. The summed E-state index contributed by atoms with van der Waals surface area (Å²) in [6, 6.07) is 31.8. The van der Waals surface area contributed by atoms with Gasteiger partial charge in [-0.15, -0.1) is 0 Å². The van der Waals surface area contributed by atoms with E-state index in [-0.39, 0.29) is 11.3 Å². The van der Waals surface area contributed by atoms with Gasteiger partial charge in [0, 0.05) is 18.5 Å². The number of hydrogen-bond acceptors (Lipinski definition) is 2. The predicted octanol–water partition coefficient (Wildman–Crippen LogP) is 5.98. The third-order valence-electron chi connectivity index (χ3n) is 6.28. The third-order valence-corrected chi connectivity index (χ3v) is 7.45. The zero-order valence-electron chi connectivity index (χ0n) is 19.9. The van der Waals surface area contributed by atoms with Crippen LogP contribution in [0, 0.1) is 0 Å². The van der Waals surface area contributed by atoms with E-state index in [2.05, 4.69) is 35.1 Å². The number of fused-ring (bicyclic) bond motifs is 1. The highest BCUT2D eigenvalue weighted by atomic mass is 32.2. The minimum Gasteiger partial charge on any atom is -0.412 e. The lowest BCUT2D eigenvalue weighted by Gasteiger charge is -2.11. The molecule has 0 radical (unpaired) electrons. The molecule has 1 unspecified atom stereocenters. The first-order valence-corrected chi connectivity index (χ1v) is 13.0. The lowest BCUT2D eigenvalue weighted by Crippen LogP contribution is -2.07. The van der Waals surface area contributed by atoms with Crippen molar-refractivity contribution in [3.63, 3.8) is 0 Å². The number of aryl methyl sites for hydroxylation is 1. The zero-order chi connectivity index (χ0) is 24.0. The Hall–Kier alpha value is -3.80. The first-order valence-electron chi connectivity index (χ1n) is 11.9. The van der Waals surface area contributed by atoms with E-state index in [4.69, 9.17) is 0 Å². The van der Waals surface area contributed by atoms with Crippen LogP contribution in [0.3, 0.4) is 0 Å². The molecule has 4 nitrogen and oxygen atoms in total. The summed E-state index contributed by atoms with van der Waals surface area (Å²) in [5.74, 6) is 0.224. The van der Waals surface area contributed by atoms with Gasteiger partial charge in [-0.2, -0.15) is 0 Å². The highest BCUT2D eigenvalue weighted by Gasteiger charge is 2.12. The van der Waals surface area contributed by atoms with Gasteiger partial charge in [0.15, 0.2) is 11.0 Å². The standard InChI is InChI=1S/C31H27NO2S.H2O/c33-29(20-16-23-13-17-25-9-6-10-27(25)21-23)22-24-14-18-28(19-15-24)32-35(34)31-12-5-4-11-30(31)26-7-2-1-3-8-26;/h1-8,10-15,17-19,21,32H,9,16,20,22H2;1H2. The maximum Gasteiger partial charge on any atom is 0.150 e. The van der Waals surface area contributed by atoms with Crippen LogP contribution < -0.4 is 4.72 Å². The molecule has 0 aromatic heterocycles. The van der Waals surface area contributed by atoms with Gasteiger partial charge in [-0.3, -0.25) is 4.79 Å². The minimum absolute atomic E-state index is 0. The number of rotatable bonds is 9. The predicted molar refractivity (Wildman–Crippen MR) is 148 cm³/mol. The van der Waals surface area contributed by atoms with E-state index < -0.39 is 11.0 Å². The molecule has 1 aliphatic rings. The Labute approximate surface area is 214 Å². The van der Waals surface area contributed by atoms with Gasteiger partial charge in [-0.25, -0.2) is 4.21 Å². The van der Waals surface area contributed by atoms with Crippen molar-refractivity contribution in [2.24, 2.45) is 0 Å². The fourth-order valence-corrected chi connectivity index (χ4v) is 5.44. The van der Waals surface area contributed by atoms with Gasteiger partial charge < -0.3 is 10.2 Å². The molecule has 0 heterocycles. The average Bonchev–Trinajstić information content (AvgIpc) is 3.37. The first-order chi connectivity index (χ1) is 17.2. The molecule has 3 N–H and O–H groups in total. The number of nitrogens with one attached hydrogen (secondary N) is 1. The van der Waals surface area contributed by atoms with Crippen molar-refractivity contribution in [2.75, 3.05) is 4.72 Å². The normalized spacial score (nSPS) is 12.4. The zero-order valence-corrected chi connectivity index (χ0v) is 20.8. The fourth-order valence-electron chi connectivity index (χ4n) is 4.39. The van der Waals surface area contributed by atoms with Crippen molar-refractivity contribution in [1.29, 1.82) is 0 Å². The van der Waals surface area contributed by atoms with Crippen LogP contribution in [0.25, 0.3) is 17.2 Å². The van der Waals surface area contributed by atoms with E-state index in [1.807, 2.05) is 78.9 Å². The van der Waals surface area contributed by atoms with Gasteiger partial charge in [-0.1, -0.05) is 91.0 Å². The van der Waals surface area contributed by atoms with Crippen LogP contribution in [0.2, 0.25) is 0 Å². The maximum absolute atomic E-state index is 13.1. The highest BCUT2D eigenvalue weighted by molar-refractivity contribution is 7.86. The lowest BCUT2D eigenvalue weighted by molar-refractivity contribution is -0.118. The van der Waals surface area contributed by atoms with Crippen molar-refractivity contribution in [3.05, 3.63) is 125 Å². The second-order valence-electron chi connectivity index (χ2n) is 8.79. The number of ketones is 1. The molecule has 1 atom stereocenters. The summed E-state index contributed by atoms with van der Waals surface area (Å²) >= 11 is 0.